The van der Waals surface area contributed by atoms with Gasteiger partial charge < -0.3 is 5.11 Å². The van der Waals surface area contributed by atoms with Gasteiger partial charge in [-0.3, -0.25) is 4.90 Å². The van der Waals surface area contributed by atoms with Gasteiger partial charge in [-0.25, -0.2) is 9.97 Å². The number of aromatic hydroxyl groups is 1. The molecule has 0 atom stereocenters. The number of phenols is 1. The molecule has 6 rings (SSSR count). The van der Waals surface area contributed by atoms with Crippen LogP contribution in [-0.4, -0.2) is 15.1 Å². The molecule has 0 unspecified atom stereocenters. The highest BCUT2D eigenvalue weighted by Crippen LogP contribution is 2.43. The van der Waals surface area contributed by atoms with Crippen molar-refractivity contribution in [2.75, 3.05) is 4.90 Å². The van der Waals surface area contributed by atoms with Crippen LogP contribution in [0.1, 0.15) is 25.0 Å². The van der Waals surface area contributed by atoms with E-state index in [1.54, 1.807) is 6.07 Å². The standard InChI is InChI=1S/C37H31N3O/c1-37(2,28-15-4-3-5-16-28)31-19-7-8-22-34(31)40(36-24-10-11-25-38-36)29-17-12-14-27(26-29)32-20-13-21-33(39-32)30-18-6-9-23-35(30)41/h3-26,41H,1-2H3. The smallest absolute Gasteiger partial charge is 0.137 e. The van der Waals surface area contributed by atoms with E-state index in [0.29, 0.717) is 5.56 Å². The molecule has 4 aromatic carbocycles. The summed E-state index contributed by atoms with van der Waals surface area (Å²) < 4.78 is 0. The molecule has 0 radical (unpaired) electrons. The molecule has 41 heavy (non-hydrogen) atoms. The Bertz CT molecular complexity index is 1780. The summed E-state index contributed by atoms with van der Waals surface area (Å²) in [4.78, 5) is 11.9. The number of pyridine rings is 2. The van der Waals surface area contributed by atoms with Crippen LogP contribution in [0.4, 0.5) is 17.2 Å². The molecule has 6 aromatic rings. The highest BCUT2D eigenvalue weighted by molar-refractivity contribution is 5.81. The molecule has 0 aliphatic rings. The van der Waals surface area contributed by atoms with Crippen molar-refractivity contribution >= 4 is 17.2 Å². The Kier molecular flexibility index (Phi) is 7.05. The molecule has 200 valence electrons. The average Bonchev–Trinajstić information content (AvgIpc) is 3.03. The van der Waals surface area contributed by atoms with Gasteiger partial charge in [-0.1, -0.05) is 98.8 Å². The van der Waals surface area contributed by atoms with Crippen molar-refractivity contribution in [2.45, 2.75) is 19.3 Å². The highest BCUT2D eigenvalue weighted by atomic mass is 16.3. The zero-order valence-electron chi connectivity index (χ0n) is 23.1. The first-order valence-electron chi connectivity index (χ1n) is 13.7. The Morgan fingerprint density at radius 2 is 1.34 bits per heavy atom. The van der Waals surface area contributed by atoms with Gasteiger partial charge in [0.25, 0.3) is 0 Å². The van der Waals surface area contributed by atoms with E-state index in [-0.39, 0.29) is 11.2 Å². The molecule has 1 N–H and O–H groups in total. The molecule has 0 saturated heterocycles. The maximum absolute atomic E-state index is 10.4. The third kappa shape index (κ3) is 5.20. The molecule has 0 saturated carbocycles. The molecule has 0 aliphatic heterocycles. The summed E-state index contributed by atoms with van der Waals surface area (Å²) in [5, 5.41) is 10.4. The normalized spacial score (nSPS) is 11.3. The number of hydrogen-bond acceptors (Lipinski definition) is 4. The van der Waals surface area contributed by atoms with Gasteiger partial charge in [0.05, 0.1) is 17.1 Å². The minimum atomic E-state index is -0.254. The number of benzene rings is 4. The second kappa shape index (κ2) is 11.1. The fourth-order valence-electron chi connectivity index (χ4n) is 5.33. The van der Waals surface area contributed by atoms with E-state index in [9.17, 15) is 5.11 Å². The van der Waals surface area contributed by atoms with Crippen molar-refractivity contribution in [3.63, 3.8) is 0 Å². The number of phenolic OH excluding ortho intramolecular Hbond substituents is 1. The van der Waals surface area contributed by atoms with E-state index in [1.807, 2.05) is 60.8 Å². The average molecular weight is 534 g/mol. The maximum Gasteiger partial charge on any atom is 0.137 e. The van der Waals surface area contributed by atoms with Crippen molar-refractivity contribution < 1.29 is 5.11 Å². The topological polar surface area (TPSA) is 49.2 Å². The molecule has 4 nitrogen and oxygen atoms in total. The molecule has 4 heteroatoms. The summed E-state index contributed by atoms with van der Waals surface area (Å²) in [5.74, 6) is 1.04. The van der Waals surface area contributed by atoms with Crippen LogP contribution in [0.15, 0.2) is 146 Å². The minimum Gasteiger partial charge on any atom is -0.507 e. The van der Waals surface area contributed by atoms with Crippen molar-refractivity contribution in [3.05, 3.63) is 157 Å². The van der Waals surface area contributed by atoms with Crippen molar-refractivity contribution in [1.82, 2.24) is 9.97 Å². The monoisotopic (exact) mass is 533 g/mol. The predicted octanol–water partition coefficient (Wildman–Crippen LogP) is 9.31. The molecular weight excluding hydrogens is 502 g/mol. The first kappa shape index (κ1) is 26.0. The van der Waals surface area contributed by atoms with E-state index >= 15 is 0 Å². The van der Waals surface area contributed by atoms with Crippen LogP contribution in [0.25, 0.3) is 22.5 Å². The predicted molar refractivity (Wildman–Crippen MR) is 168 cm³/mol. The Morgan fingerprint density at radius 3 is 2.15 bits per heavy atom. The Balaban J connectivity index is 1.49. The number of para-hydroxylation sites is 2. The Morgan fingerprint density at radius 1 is 0.634 bits per heavy atom. The SMILES string of the molecule is CC(C)(c1ccccc1)c1ccccc1N(c1cccc(-c2cccc(-c3ccccc3O)n2)c1)c1ccccn1. The Labute approximate surface area is 241 Å². The minimum absolute atomic E-state index is 0.213. The quantitative estimate of drug-likeness (QED) is 0.222. The largest absolute Gasteiger partial charge is 0.507 e. The second-order valence-electron chi connectivity index (χ2n) is 10.5. The van der Waals surface area contributed by atoms with Gasteiger partial charge in [0.1, 0.15) is 11.6 Å². The summed E-state index contributed by atoms with van der Waals surface area (Å²) in [6, 6.07) is 46.7. The van der Waals surface area contributed by atoms with Crippen LogP contribution in [0.5, 0.6) is 5.75 Å². The van der Waals surface area contributed by atoms with Gasteiger partial charge in [-0.2, -0.15) is 0 Å². The molecule has 2 aromatic heterocycles. The lowest BCUT2D eigenvalue weighted by molar-refractivity contribution is 0.477. The first-order valence-corrected chi connectivity index (χ1v) is 13.7. The lowest BCUT2D eigenvalue weighted by Crippen LogP contribution is -2.23. The third-order valence-corrected chi connectivity index (χ3v) is 7.52. The maximum atomic E-state index is 10.4. The van der Waals surface area contributed by atoms with Crippen LogP contribution in [0.2, 0.25) is 0 Å². The third-order valence-electron chi connectivity index (χ3n) is 7.52. The van der Waals surface area contributed by atoms with E-state index in [0.717, 1.165) is 34.1 Å². The van der Waals surface area contributed by atoms with Crippen LogP contribution in [0, 0.1) is 0 Å². The summed E-state index contributed by atoms with van der Waals surface area (Å²) in [6.45, 7) is 4.53. The number of hydrogen-bond donors (Lipinski definition) is 1. The van der Waals surface area contributed by atoms with Gasteiger partial charge in [-0.05, 0) is 65.7 Å². The van der Waals surface area contributed by atoms with E-state index in [1.165, 1.54) is 11.1 Å². The fourth-order valence-corrected chi connectivity index (χ4v) is 5.33. The fraction of sp³-hybridized carbons (Fsp3) is 0.0811. The van der Waals surface area contributed by atoms with E-state index in [2.05, 4.69) is 97.6 Å². The van der Waals surface area contributed by atoms with Crippen molar-refractivity contribution in [2.24, 2.45) is 0 Å². The van der Waals surface area contributed by atoms with Gasteiger partial charge in [0.15, 0.2) is 0 Å². The van der Waals surface area contributed by atoms with Crippen molar-refractivity contribution in [3.8, 4) is 28.3 Å². The van der Waals surface area contributed by atoms with E-state index in [4.69, 9.17) is 9.97 Å². The Hall–Kier alpha value is -5.22. The molecule has 0 bridgehead atoms. The number of rotatable bonds is 7. The van der Waals surface area contributed by atoms with Gasteiger partial charge in [-0.15, -0.1) is 0 Å². The van der Waals surface area contributed by atoms with Crippen LogP contribution in [0.3, 0.4) is 0 Å². The lowest BCUT2D eigenvalue weighted by atomic mass is 9.77. The van der Waals surface area contributed by atoms with Crippen LogP contribution in [-0.2, 0) is 5.41 Å². The molecular formula is C37H31N3O. The lowest BCUT2D eigenvalue weighted by Gasteiger charge is -2.33. The number of aromatic nitrogens is 2. The number of anilines is 3. The van der Waals surface area contributed by atoms with Gasteiger partial charge >= 0.3 is 0 Å². The van der Waals surface area contributed by atoms with Gasteiger partial charge in [0, 0.05) is 28.4 Å². The summed E-state index contributed by atoms with van der Waals surface area (Å²) in [5.41, 5.74) is 7.46. The number of nitrogens with zero attached hydrogens (tertiary/aromatic N) is 3. The highest BCUT2D eigenvalue weighted by Gasteiger charge is 2.29. The van der Waals surface area contributed by atoms with Crippen molar-refractivity contribution in [1.29, 1.82) is 0 Å². The zero-order valence-corrected chi connectivity index (χ0v) is 23.1. The molecule has 0 amide bonds. The molecule has 0 fully saturated rings. The second-order valence-corrected chi connectivity index (χ2v) is 10.5. The van der Waals surface area contributed by atoms with Crippen LogP contribution < -0.4 is 4.90 Å². The molecule has 0 aliphatic carbocycles. The first-order chi connectivity index (χ1) is 20.0. The van der Waals surface area contributed by atoms with Crippen LogP contribution >= 0.6 is 0 Å². The molecule has 0 spiro atoms. The summed E-state index contributed by atoms with van der Waals surface area (Å²) >= 11 is 0. The molecule has 2 heterocycles. The summed E-state index contributed by atoms with van der Waals surface area (Å²) in [7, 11) is 0. The summed E-state index contributed by atoms with van der Waals surface area (Å²) in [6.07, 6.45) is 1.83. The van der Waals surface area contributed by atoms with Gasteiger partial charge in [0.2, 0.25) is 0 Å². The van der Waals surface area contributed by atoms with E-state index < -0.39 is 0 Å². The zero-order chi connectivity index (χ0) is 28.2.